The summed E-state index contributed by atoms with van der Waals surface area (Å²) in [6.07, 6.45) is 1.33. The summed E-state index contributed by atoms with van der Waals surface area (Å²) in [5.74, 6) is -0.212. The monoisotopic (exact) mass is 335 g/mol. The first-order valence-electron chi connectivity index (χ1n) is 6.05. The predicted octanol–water partition coefficient (Wildman–Crippen LogP) is 3.74. The molecular formula is C15H14BrNO3. The van der Waals surface area contributed by atoms with Crippen LogP contribution in [0.3, 0.4) is 0 Å². The highest BCUT2D eigenvalue weighted by Crippen LogP contribution is 2.26. The molecule has 0 aliphatic rings. The van der Waals surface area contributed by atoms with Crippen LogP contribution < -0.4 is 4.74 Å². The lowest BCUT2D eigenvalue weighted by Gasteiger charge is -2.10. The quantitative estimate of drug-likeness (QED) is 0.924. The lowest BCUT2D eigenvalue weighted by atomic mass is 10.1. The first kappa shape index (κ1) is 14.5. The van der Waals surface area contributed by atoms with Crippen LogP contribution >= 0.6 is 15.9 Å². The minimum absolute atomic E-state index is 0.170. The average molecular weight is 336 g/mol. The summed E-state index contributed by atoms with van der Waals surface area (Å²) in [7, 11) is 0. The minimum atomic E-state index is -0.982. The van der Waals surface area contributed by atoms with E-state index in [0.29, 0.717) is 12.3 Å². The van der Waals surface area contributed by atoms with Crippen molar-refractivity contribution in [2.75, 3.05) is 0 Å². The van der Waals surface area contributed by atoms with Gasteiger partial charge in [0.05, 0.1) is 11.3 Å². The Morgan fingerprint density at radius 2 is 1.95 bits per heavy atom. The molecule has 4 nitrogen and oxygen atoms in total. The van der Waals surface area contributed by atoms with Crippen LogP contribution in [0, 0.1) is 13.8 Å². The van der Waals surface area contributed by atoms with Crippen LogP contribution in [0.2, 0.25) is 0 Å². The molecule has 1 heterocycles. The zero-order chi connectivity index (χ0) is 14.7. The summed E-state index contributed by atoms with van der Waals surface area (Å²) >= 11 is 3.51. The molecule has 0 radical (unpaired) electrons. The number of rotatable bonds is 4. The van der Waals surface area contributed by atoms with Crippen molar-refractivity contribution >= 4 is 21.9 Å². The fraction of sp³-hybridized carbons (Fsp3) is 0.200. The highest BCUT2D eigenvalue weighted by molar-refractivity contribution is 9.10. The zero-order valence-corrected chi connectivity index (χ0v) is 12.8. The van der Waals surface area contributed by atoms with Gasteiger partial charge in [-0.05, 0) is 49.2 Å². The molecule has 0 aliphatic carbocycles. The summed E-state index contributed by atoms with van der Waals surface area (Å²) in [5.41, 5.74) is 3.07. The molecule has 5 heteroatoms. The molecule has 0 aliphatic heterocycles. The van der Waals surface area contributed by atoms with Crippen molar-refractivity contribution in [1.29, 1.82) is 0 Å². The van der Waals surface area contributed by atoms with Gasteiger partial charge in [0.2, 0.25) is 0 Å². The molecule has 0 spiro atoms. The third-order valence-electron chi connectivity index (χ3n) is 2.87. The van der Waals surface area contributed by atoms with E-state index in [1.54, 1.807) is 6.07 Å². The SMILES string of the molecule is Cc1cc(OCc2ccc(C(=O)O)cn2)cc(C)c1Br. The van der Waals surface area contributed by atoms with Crippen molar-refractivity contribution < 1.29 is 14.6 Å². The molecule has 0 saturated heterocycles. The Balaban J connectivity index is 2.07. The second-order valence-electron chi connectivity index (χ2n) is 4.50. The number of aromatic nitrogens is 1. The van der Waals surface area contributed by atoms with E-state index in [1.165, 1.54) is 12.3 Å². The smallest absolute Gasteiger partial charge is 0.337 e. The van der Waals surface area contributed by atoms with Gasteiger partial charge in [-0.1, -0.05) is 15.9 Å². The minimum Gasteiger partial charge on any atom is -0.487 e. The Morgan fingerprint density at radius 1 is 1.30 bits per heavy atom. The first-order valence-corrected chi connectivity index (χ1v) is 6.84. The van der Waals surface area contributed by atoms with E-state index in [0.717, 1.165) is 21.3 Å². The number of pyridine rings is 1. The molecule has 1 aromatic carbocycles. The van der Waals surface area contributed by atoms with Crippen LogP contribution in [-0.2, 0) is 6.61 Å². The van der Waals surface area contributed by atoms with E-state index in [-0.39, 0.29) is 5.56 Å². The third kappa shape index (κ3) is 3.36. The molecule has 0 unspecified atom stereocenters. The molecule has 0 atom stereocenters. The Labute approximate surface area is 125 Å². The summed E-state index contributed by atoms with van der Waals surface area (Å²) in [4.78, 5) is 14.8. The molecule has 1 N–H and O–H groups in total. The lowest BCUT2D eigenvalue weighted by Crippen LogP contribution is -2.02. The number of hydrogen-bond donors (Lipinski definition) is 1. The molecule has 2 rings (SSSR count). The van der Waals surface area contributed by atoms with E-state index in [4.69, 9.17) is 9.84 Å². The summed E-state index contributed by atoms with van der Waals surface area (Å²) in [6.45, 7) is 4.31. The van der Waals surface area contributed by atoms with Gasteiger partial charge in [0.1, 0.15) is 12.4 Å². The van der Waals surface area contributed by atoms with Gasteiger partial charge in [-0.15, -0.1) is 0 Å². The van der Waals surface area contributed by atoms with Gasteiger partial charge in [0, 0.05) is 10.7 Å². The maximum atomic E-state index is 10.7. The van der Waals surface area contributed by atoms with Crippen molar-refractivity contribution in [3.63, 3.8) is 0 Å². The normalized spacial score (nSPS) is 10.3. The molecule has 0 bridgehead atoms. The topological polar surface area (TPSA) is 59.4 Å². The van der Waals surface area contributed by atoms with Crippen LogP contribution in [0.4, 0.5) is 0 Å². The first-order chi connectivity index (χ1) is 9.47. The number of hydrogen-bond acceptors (Lipinski definition) is 3. The molecular weight excluding hydrogens is 322 g/mol. The van der Waals surface area contributed by atoms with E-state index in [1.807, 2.05) is 26.0 Å². The number of carboxylic acid groups (broad SMARTS) is 1. The fourth-order valence-corrected chi connectivity index (χ4v) is 2.01. The summed E-state index contributed by atoms with van der Waals surface area (Å²) < 4.78 is 6.76. The molecule has 0 saturated carbocycles. The molecule has 20 heavy (non-hydrogen) atoms. The van der Waals surface area contributed by atoms with Crippen molar-refractivity contribution in [1.82, 2.24) is 4.98 Å². The molecule has 0 amide bonds. The van der Waals surface area contributed by atoms with Gasteiger partial charge in [-0.2, -0.15) is 0 Å². The highest BCUT2D eigenvalue weighted by atomic mass is 79.9. The number of aromatic carboxylic acids is 1. The van der Waals surface area contributed by atoms with E-state index in [2.05, 4.69) is 20.9 Å². The number of ether oxygens (including phenoxy) is 1. The fourth-order valence-electron chi connectivity index (χ4n) is 1.78. The van der Waals surface area contributed by atoms with E-state index >= 15 is 0 Å². The maximum Gasteiger partial charge on any atom is 0.337 e. The Hall–Kier alpha value is -1.88. The van der Waals surface area contributed by atoms with E-state index < -0.39 is 5.97 Å². The van der Waals surface area contributed by atoms with Crippen LogP contribution in [0.1, 0.15) is 27.2 Å². The largest absolute Gasteiger partial charge is 0.487 e. The van der Waals surface area contributed by atoms with Gasteiger partial charge in [-0.3, -0.25) is 4.98 Å². The number of carboxylic acids is 1. The van der Waals surface area contributed by atoms with Crippen molar-refractivity contribution in [2.24, 2.45) is 0 Å². The molecule has 0 fully saturated rings. The summed E-state index contributed by atoms with van der Waals surface area (Å²) in [6, 6.07) is 7.07. The number of benzene rings is 1. The zero-order valence-electron chi connectivity index (χ0n) is 11.2. The van der Waals surface area contributed by atoms with Crippen LogP contribution in [0.15, 0.2) is 34.9 Å². The van der Waals surface area contributed by atoms with Crippen LogP contribution in [0.25, 0.3) is 0 Å². The standard InChI is InChI=1S/C15H14BrNO3/c1-9-5-13(6-10(2)14(9)16)20-8-12-4-3-11(7-17-12)15(18)19/h3-7H,8H2,1-2H3,(H,18,19). The molecule has 104 valence electrons. The third-order valence-corrected chi connectivity index (χ3v) is 4.12. The Morgan fingerprint density at radius 3 is 2.45 bits per heavy atom. The maximum absolute atomic E-state index is 10.7. The van der Waals surface area contributed by atoms with Gasteiger partial charge >= 0.3 is 5.97 Å². The molecule has 1 aromatic heterocycles. The lowest BCUT2D eigenvalue weighted by molar-refractivity contribution is 0.0696. The highest BCUT2D eigenvalue weighted by Gasteiger charge is 2.05. The number of halogens is 1. The average Bonchev–Trinajstić information content (AvgIpc) is 2.42. The second kappa shape index (κ2) is 6.05. The second-order valence-corrected chi connectivity index (χ2v) is 5.30. The van der Waals surface area contributed by atoms with Crippen LogP contribution in [0.5, 0.6) is 5.75 Å². The predicted molar refractivity (Wildman–Crippen MR) is 79.1 cm³/mol. The summed E-state index contributed by atoms with van der Waals surface area (Å²) in [5, 5.41) is 8.79. The molecule has 2 aromatic rings. The number of nitrogens with zero attached hydrogens (tertiary/aromatic N) is 1. The number of carbonyl (C=O) groups is 1. The van der Waals surface area contributed by atoms with Gasteiger partial charge in [0.15, 0.2) is 0 Å². The van der Waals surface area contributed by atoms with Crippen LogP contribution in [-0.4, -0.2) is 16.1 Å². The van der Waals surface area contributed by atoms with E-state index in [9.17, 15) is 4.79 Å². The van der Waals surface area contributed by atoms with Crippen molar-refractivity contribution in [3.05, 3.63) is 57.3 Å². The van der Waals surface area contributed by atoms with Gasteiger partial charge < -0.3 is 9.84 Å². The van der Waals surface area contributed by atoms with Gasteiger partial charge in [0.25, 0.3) is 0 Å². The van der Waals surface area contributed by atoms with Crippen molar-refractivity contribution in [2.45, 2.75) is 20.5 Å². The van der Waals surface area contributed by atoms with Crippen molar-refractivity contribution in [3.8, 4) is 5.75 Å². The Bertz CT molecular complexity index is 615. The Kier molecular flexibility index (Phi) is 4.39. The number of aryl methyl sites for hydroxylation is 2. The van der Waals surface area contributed by atoms with Gasteiger partial charge in [-0.25, -0.2) is 4.79 Å².